The van der Waals surface area contributed by atoms with Gasteiger partial charge in [-0.15, -0.1) is 0 Å². The van der Waals surface area contributed by atoms with Crippen LogP contribution in [0.3, 0.4) is 0 Å². The van der Waals surface area contributed by atoms with Crippen molar-refractivity contribution in [3.05, 3.63) is 12.7 Å². The number of imidazole rings is 1. The predicted octanol–water partition coefficient (Wildman–Crippen LogP) is -10.2. The average molecular weight is 931 g/mol. The van der Waals surface area contributed by atoms with Gasteiger partial charge in [0.15, 0.2) is 42.2 Å². The van der Waals surface area contributed by atoms with Crippen LogP contribution in [0.2, 0.25) is 0 Å². The van der Waals surface area contributed by atoms with Gasteiger partial charge in [-0.25, -0.2) is 29.5 Å². The number of hydrogen-bond donors (Lipinski definition) is 18. The summed E-state index contributed by atoms with van der Waals surface area (Å²) >= 11 is 0. The SMILES string of the molecule is CN[C@@H]1[C@H](O[C@H]2[C@H](O[C@H]3[C@H](O)[C@@H](O)[C@H](N=C(N)N)[C@@H](O)[C@@H]3N=C(N)N)O[C@@H](C)[C@]2(O)CO)O[C@@H](CO)[C@H](O)[C@H]1O.Nc1ncnc2c1ncn2C1O[C@H](COP(=O)(O)O)[C@@H](O)[C@H]1O. The zero-order chi connectivity index (χ0) is 46.9. The number of aliphatic hydroxyl groups is 10. The first-order valence-electron chi connectivity index (χ1n) is 18.9. The molecular weight excluding hydrogens is 875 g/mol. The number of nitrogens with zero attached hydrogens (tertiary/aromatic N) is 6. The Kier molecular flexibility index (Phi) is 16.2. The van der Waals surface area contributed by atoms with Crippen molar-refractivity contribution in [2.24, 2.45) is 32.9 Å². The first kappa shape index (κ1) is 50.4. The smallest absolute Gasteiger partial charge is 0.394 e. The highest BCUT2D eigenvalue weighted by Crippen LogP contribution is 2.41. The average Bonchev–Trinajstić information content (AvgIpc) is 3.85. The van der Waals surface area contributed by atoms with Crippen LogP contribution in [-0.4, -0.2) is 229 Å². The molecule has 358 valence electrons. The first-order valence-corrected chi connectivity index (χ1v) is 20.5. The van der Waals surface area contributed by atoms with Crippen molar-refractivity contribution in [1.29, 1.82) is 0 Å². The van der Waals surface area contributed by atoms with Crippen LogP contribution in [0, 0.1) is 0 Å². The molecule has 0 amide bonds. The maximum absolute atomic E-state index is 11.3. The summed E-state index contributed by atoms with van der Waals surface area (Å²) in [6.07, 6.45) is -19.4. The van der Waals surface area contributed by atoms with Crippen LogP contribution in [0.4, 0.5) is 5.82 Å². The van der Waals surface area contributed by atoms with E-state index in [1.165, 1.54) is 31.2 Å². The van der Waals surface area contributed by atoms with Gasteiger partial charge in [0, 0.05) is 0 Å². The van der Waals surface area contributed by atoms with Gasteiger partial charge in [0.05, 0.1) is 38.3 Å². The fraction of sp³-hybridized carbons (Fsp3) is 0.774. The van der Waals surface area contributed by atoms with E-state index in [-0.39, 0.29) is 11.5 Å². The molecule has 1 saturated carbocycles. The Bertz CT molecular complexity index is 1950. The summed E-state index contributed by atoms with van der Waals surface area (Å²) in [6, 6.07) is -4.00. The molecule has 63 heavy (non-hydrogen) atoms. The number of anilines is 1. The quantitative estimate of drug-likeness (QED) is 0.0504. The van der Waals surface area contributed by atoms with Gasteiger partial charge in [-0.05, 0) is 14.0 Å². The van der Waals surface area contributed by atoms with E-state index in [1.807, 2.05) is 0 Å². The van der Waals surface area contributed by atoms with Gasteiger partial charge >= 0.3 is 7.82 Å². The molecule has 32 heteroatoms. The predicted molar refractivity (Wildman–Crippen MR) is 208 cm³/mol. The summed E-state index contributed by atoms with van der Waals surface area (Å²) < 4.78 is 45.0. The summed E-state index contributed by atoms with van der Waals surface area (Å²) in [5.41, 5.74) is 25.9. The third-order valence-corrected chi connectivity index (χ3v) is 11.4. The van der Waals surface area contributed by atoms with E-state index in [2.05, 4.69) is 34.8 Å². The van der Waals surface area contributed by atoms with Gasteiger partial charge in [0.1, 0.15) is 96.7 Å². The van der Waals surface area contributed by atoms with Gasteiger partial charge in [-0.1, -0.05) is 0 Å². The number of nitrogen functional groups attached to an aromatic ring is 1. The molecule has 0 spiro atoms. The number of rotatable bonds is 13. The molecule has 2 aromatic heterocycles. The van der Waals surface area contributed by atoms with E-state index < -0.39 is 155 Å². The molecule has 5 heterocycles. The number of phosphoric acid groups is 1. The Morgan fingerprint density at radius 1 is 0.841 bits per heavy atom. The highest BCUT2D eigenvalue weighted by Gasteiger charge is 2.60. The van der Waals surface area contributed by atoms with Crippen LogP contribution in [-0.2, 0) is 32.8 Å². The third kappa shape index (κ3) is 10.6. The van der Waals surface area contributed by atoms with Crippen molar-refractivity contribution in [3.8, 4) is 0 Å². The van der Waals surface area contributed by atoms with Gasteiger partial charge < -0.3 is 119 Å². The molecule has 3 aliphatic heterocycles. The lowest BCUT2D eigenvalue weighted by molar-refractivity contribution is -0.317. The maximum Gasteiger partial charge on any atom is 0.469 e. The minimum absolute atomic E-state index is 0.142. The molecule has 1 aliphatic carbocycles. The number of guanidine groups is 2. The number of aliphatic hydroxyl groups excluding tert-OH is 9. The normalized spacial score (nSPS) is 40.6. The second-order valence-corrected chi connectivity index (χ2v) is 16.2. The summed E-state index contributed by atoms with van der Waals surface area (Å²) in [4.78, 5) is 36.8. The fourth-order valence-corrected chi connectivity index (χ4v) is 7.84. The standard InChI is InChI=1S/C21H41N7O12.C10H14N5O7P/c1-5-21(36,4-30)16(40-17-9(26-2)13(34)10(31)6(3-29)38-17)18(37-5)39-15-8(28-20(24)25)11(32)7(27-19(22)23)12(33)14(15)35;11-8-5-9(13-2-12-8)15(3-14-5)10-7(17)6(16)4(22-10)1-21-23(18,19)20/h5-18,26,29-36H,3-4H2,1-2H3,(H4,22,23,27)(H4,24,25,28);2-4,6-7,10,16-17H,1H2,(H2,11,12,13)(H2,18,19,20)/t5-,6-,7+,8-,9-,10-,11+,12-,13-,14+,15+,16-,17-,18-,21+;4-,6-,7-,10?/m01/s1. The third-order valence-electron chi connectivity index (χ3n) is 10.9. The van der Waals surface area contributed by atoms with E-state index in [9.17, 15) is 55.6 Å². The zero-order valence-electron chi connectivity index (χ0n) is 33.4. The Balaban J connectivity index is 0.000000274. The Morgan fingerprint density at radius 3 is 2.06 bits per heavy atom. The molecule has 4 fully saturated rings. The monoisotopic (exact) mass is 930 g/mol. The van der Waals surface area contributed by atoms with Crippen LogP contribution in [0.5, 0.6) is 0 Å². The number of hydrogen-bond acceptors (Lipinski definition) is 24. The van der Waals surface area contributed by atoms with Gasteiger partial charge in [-0.3, -0.25) is 9.09 Å². The molecule has 1 unspecified atom stereocenters. The van der Waals surface area contributed by atoms with Crippen LogP contribution in [0.1, 0.15) is 13.2 Å². The Morgan fingerprint density at radius 2 is 1.48 bits per heavy atom. The molecule has 3 saturated heterocycles. The van der Waals surface area contributed by atoms with Crippen molar-refractivity contribution in [1.82, 2.24) is 24.8 Å². The van der Waals surface area contributed by atoms with Crippen molar-refractivity contribution >= 4 is 36.7 Å². The molecule has 23 N–H and O–H groups in total. The van der Waals surface area contributed by atoms with Crippen LogP contribution < -0.4 is 34.0 Å². The van der Waals surface area contributed by atoms with E-state index in [0.717, 1.165) is 0 Å². The Hall–Kier alpha value is -3.64. The molecule has 0 bridgehead atoms. The minimum Gasteiger partial charge on any atom is -0.394 e. The molecular formula is C31H55N12O19P. The number of likely N-dealkylation sites (N-methyl/N-ethyl adjacent to an activating group) is 1. The highest BCUT2D eigenvalue weighted by molar-refractivity contribution is 7.46. The number of phosphoric ester groups is 1. The Labute approximate surface area is 355 Å². The van der Waals surface area contributed by atoms with E-state index >= 15 is 0 Å². The summed E-state index contributed by atoms with van der Waals surface area (Å²) in [6.45, 7) is -0.793. The summed E-state index contributed by atoms with van der Waals surface area (Å²) in [5, 5.41) is 107. The number of nitrogens with one attached hydrogen (secondary N) is 1. The van der Waals surface area contributed by atoms with Crippen LogP contribution in [0.25, 0.3) is 11.2 Å². The van der Waals surface area contributed by atoms with Crippen LogP contribution in [0.15, 0.2) is 22.6 Å². The van der Waals surface area contributed by atoms with E-state index in [4.69, 9.17) is 62.1 Å². The van der Waals surface area contributed by atoms with Crippen LogP contribution >= 0.6 is 7.82 Å². The lowest BCUT2D eigenvalue weighted by atomic mass is 9.81. The van der Waals surface area contributed by atoms with Gasteiger partial charge in [-0.2, -0.15) is 0 Å². The number of nitrogens with two attached hydrogens (primary N) is 5. The summed E-state index contributed by atoms with van der Waals surface area (Å²) in [7, 11) is -3.28. The van der Waals surface area contributed by atoms with E-state index in [1.54, 1.807) is 0 Å². The molecule has 19 atom stereocenters. The molecule has 0 aromatic carbocycles. The molecule has 0 radical (unpaired) electrons. The number of aliphatic imine (C=N–C) groups is 2. The largest absolute Gasteiger partial charge is 0.469 e. The topological polar surface area (TPSA) is 526 Å². The number of aromatic nitrogens is 4. The van der Waals surface area contributed by atoms with Crippen molar-refractivity contribution < 1.29 is 93.6 Å². The first-order chi connectivity index (χ1) is 29.5. The molecule has 31 nitrogen and oxygen atoms in total. The number of ether oxygens (including phenoxy) is 5. The highest BCUT2D eigenvalue weighted by atomic mass is 31.2. The van der Waals surface area contributed by atoms with Gasteiger partial charge in [0.25, 0.3) is 0 Å². The lowest BCUT2D eigenvalue weighted by Gasteiger charge is -2.45. The maximum atomic E-state index is 11.3. The van der Waals surface area contributed by atoms with E-state index in [0.29, 0.717) is 5.52 Å². The van der Waals surface area contributed by atoms with Crippen molar-refractivity contribution in [2.45, 2.75) is 123 Å². The molecule has 2 aromatic rings. The second kappa shape index (κ2) is 20.3. The fourth-order valence-electron chi connectivity index (χ4n) is 7.49. The zero-order valence-corrected chi connectivity index (χ0v) is 34.3. The summed E-state index contributed by atoms with van der Waals surface area (Å²) in [5.74, 6) is -0.865. The number of fused-ring (bicyclic) bond motifs is 1. The molecule has 6 rings (SSSR count). The van der Waals surface area contributed by atoms with Gasteiger partial charge in [0.2, 0.25) is 0 Å². The lowest BCUT2D eigenvalue weighted by Crippen LogP contribution is -2.66. The van der Waals surface area contributed by atoms with Crippen molar-refractivity contribution in [2.75, 3.05) is 32.6 Å². The van der Waals surface area contributed by atoms with Crippen molar-refractivity contribution in [3.63, 3.8) is 0 Å². The molecule has 4 aliphatic rings. The second-order valence-electron chi connectivity index (χ2n) is 15.0. The minimum atomic E-state index is -4.72.